The molecule has 0 saturated heterocycles. The highest BCUT2D eigenvalue weighted by molar-refractivity contribution is 5.95. The Kier molecular flexibility index (Phi) is 3.64. The van der Waals surface area contributed by atoms with E-state index in [1.165, 1.54) is 6.07 Å². The summed E-state index contributed by atoms with van der Waals surface area (Å²) in [5.74, 6) is -1.77. The topological polar surface area (TPSA) is 83.6 Å². The van der Waals surface area contributed by atoms with Crippen LogP contribution in [0.1, 0.15) is 53.7 Å². The zero-order chi connectivity index (χ0) is 13.1. The first-order valence-corrected chi connectivity index (χ1v) is 6.14. The van der Waals surface area contributed by atoms with Crippen molar-refractivity contribution in [3.63, 3.8) is 0 Å². The van der Waals surface area contributed by atoms with Gasteiger partial charge in [-0.3, -0.25) is 4.79 Å². The van der Waals surface area contributed by atoms with Gasteiger partial charge in [-0.25, -0.2) is 4.79 Å². The van der Waals surface area contributed by atoms with Gasteiger partial charge in [-0.1, -0.05) is 18.0 Å². The van der Waals surface area contributed by atoms with E-state index >= 15 is 0 Å². The molecule has 1 saturated carbocycles. The molecule has 1 aliphatic rings. The van der Waals surface area contributed by atoms with E-state index in [4.69, 9.17) is 5.11 Å². The van der Waals surface area contributed by atoms with Crippen LogP contribution in [0.15, 0.2) is 10.6 Å². The largest absolute Gasteiger partial charge is 0.475 e. The predicted molar refractivity (Wildman–Crippen MR) is 62.4 cm³/mol. The molecular formula is C12H16N2O4. The zero-order valence-corrected chi connectivity index (χ0v) is 10.3. The van der Waals surface area contributed by atoms with Crippen molar-refractivity contribution in [2.75, 3.05) is 6.54 Å². The molecule has 0 radical (unpaired) electrons. The lowest BCUT2D eigenvalue weighted by atomic mass is 10.2. The molecule has 1 heterocycles. The van der Waals surface area contributed by atoms with Gasteiger partial charge >= 0.3 is 5.97 Å². The number of aromatic nitrogens is 1. The standard InChI is InChI=1S/C12H16N2O4/c1-2-14(8-5-3-4-6-8)11(15)9-7-10(12(16)17)18-13-9/h7-8H,2-6H2,1H3,(H,16,17). The summed E-state index contributed by atoms with van der Waals surface area (Å²) in [6.07, 6.45) is 4.27. The van der Waals surface area contributed by atoms with Gasteiger partial charge in [0.1, 0.15) is 0 Å². The molecule has 6 heteroatoms. The number of nitrogens with zero attached hydrogens (tertiary/aromatic N) is 2. The van der Waals surface area contributed by atoms with Gasteiger partial charge < -0.3 is 14.5 Å². The molecule has 6 nitrogen and oxygen atoms in total. The summed E-state index contributed by atoms with van der Waals surface area (Å²) in [7, 11) is 0. The summed E-state index contributed by atoms with van der Waals surface area (Å²) in [6, 6.07) is 1.43. The van der Waals surface area contributed by atoms with Crippen LogP contribution in [0, 0.1) is 0 Å². The normalized spacial score (nSPS) is 15.8. The molecule has 1 aliphatic carbocycles. The molecule has 18 heavy (non-hydrogen) atoms. The Balaban J connectivity index is 2.14. The van der Waals surface area contributed by atoms with Crippen LogP contribution in [0.4, 0.5) is 0 Å². The molecule has 98 valence electrons. The van der Waals surface area contributed by atoms with Gasteiger partial charge in [0.15, 0.2) is 5.69 Å². The fourth-order valence-electron chi connectivity index (χ4n) is 2.41. The summed E-state index contributed by atoms with van der Waals surface area (Å²) in [5.41, 5.74) is 0.0705. The lowest BCUT2D eigenvalue weighted by molar-refractivity contribution is 0.0643. The first-order valence-electron chi connectivity index (χ1n) is 6.14. The first kappa shape index (κ1) is 12.6. The minimum absolute atomic E-state index is 0.0705. The maximum absolute atomic E-state index is 12.2. The number of carboxylic acid groups (broad SMARTS) is 1. The van der Waals surface area contributed by atoms with Gasteiger partial charge in [0.25, 0.3) is 5.91 Å². The van der Waals surface area contributed by atoms with E-state index in [1.54, 1.807) is 4.90 Å². The molecule has 1 N–H and O–H groups in total. The van der Waals surface area contributed by atoms with Crippen LogP contribution in [0.2, 0.25) is 0 Å². The van der Waals surface area contributed by atoms with Crippen molar-refractivity contribution >= 4 is 11.9 Å². The molecule has 0 aromatic carbocycles. The third-order valence-corrected chi connectivity index (χ3v) is 3.31. The van der Waals surface area contributed by atoms with Crippen molar-refractivity contribution in [3.8, 4) is 0 Å². The monoisotopic (exact) mass is 252 g/mol. The van der Waals surface area contributed by atoms with Crippen LogP contribution >= 0.6 is 0 Å². The number of carbonyl (C=O) groups excluding carboxylic acids is 1. The van der Waals surface area contributed by atoms with Crippen LogP contribution in [0.3, 0.4) is 0 Å². The van der Waals surface area contributed by atoms with E-state index in [0.29, 0.717) is 6.54 Å². The summed E-state index contributed by atoms with van der Waals surface area (Å²) < 4.78 is 4.61. The van der Waals surface area contributed by atoms with Crippen LogP contribution in [0.5, 0.6) is 0 Å². The average Bonchev–Trinajstić information content (AvgIpc) is 3.01. The Bertz CT molecular complexity index is 449. The van der Waals surface area contributed by atoms with Crippen molar-refractivity contribution in [2.45, 2.75) is 38.6 Å². The van der Waals surface area contributed by atoms with Crippen molar-refractivity contribution in [2.24, 2.45) is 0 Å². The third-order valence-electron chi connectivity index (χ3n) is 3.31. The highest BCUT2D eigenvalue weighted by atomic mass is 16.5. The molecule has 0 aliphatic heterocycles. The molecule has 1 aromatic heterocycles. The lowest BCUT2D eigenvalue weighted by Gasteiger charge is -2.26. The smallest absolute Gasteiger partial charge is 0.374 e. The predicted octanol–water partition coefficient (Wildman–Crippen LogP) is 1.78. The van der Waals surface area contributed by atoms with Crippen LogP contribution in [-0.4, -0.2) is 39.6 Å². The summed E-state index contributed by atoms with van der Waals surface area (Å²) >= 11 is 0. The molecule has 1 amide bonds. The molecule has 0 unspecified atom stereocenters. The summed E-state index contributed by atoms with van der Waals surface area (Å²) in [4.78, 5) is 24.6. The van der Waals surface area contributed by atoms with Crippen molar-refractivity contribution < 1.29 is 19.2 Å². The average molecular weight is 252 g/mol. The fraction of sp³-hybridized carbons (Fsp3) is 0.583. The SMILES string of the molecule is CCN(C(=O)c1cc(C(=O)O)on1)C1CCCC1. The maximum atomic E-state index is 12.2. The lowest BCUT2D eigenvalue weighted by Crippen LogP contribution is -2.38. The van der Waals surface area contributed by atoms with E-state index in [9.17, 15) is 9.59 Å². The van der Waals surface area contributed by atoms with Crippen molar-refractivity contribution in [1.82, 2.24) is 10.1 Å². The third kappa shape index (κ3) is 2.37. The second-order valence-electron chi connectivity index (χ2n) is 4.41. The summed E-state index contributed by atoms with van der Waals surface area (Å²) in [5, 5.41) is 12.3. The molecule has 0 atom stereocenters. The highest BCUT2D eigenvalue weighted by Crippen LogP contribution is 2.24. The number of hydrogen-bond acceptors (Lipinski definition) is 4. The Labute approximate surface area is 105 Å². The van der Waals surface area contributed by atoms with Gasteiger partial charge in [0.2, 0.25) is 5.76 Å². The van der Waals surface area contributed by atoms with E-state index < -0.39 is 5.97 Å². The van der Waals surface area contributed by atoms with Crippen molar-refractivity contribution in [1.29, 1.82) is 0 Å². The van der Waals surface area contributed by atoms with Gasteiger partial charge in [-0.2, -0.15) is 0 Å². The number of carbonyl (C=O) groups is 2. The molecule has 0 spiro atoms. The Hall–Kier alpha value is -1.85. The number of hydrogen-bond donors (Lipinski definition) is 1. The van der Waals surface area contributed by atoms with E-state index in [-0.39, 0.29) is 23.4 Å². The summed E-state index contributed by atoms with van der Waals surface area (Å²) in [6.45, 7) is 2.51. The molecule has 1 aromatic rings. The molecule has 2 rings (SSSR count). The Morgan fingerprint density at radius 2 is 2.17 bits per heavy atom. The van der Waals surface area contributed by atoms with Gasteiger partial charge in [0, 0.05) is 18.7 Å². The van der Waals surface area contributed by atoms with E-state index in [2.05, 4.69) is 9.68 Å². The molecule has 0 bridgehead atoms. The first-order chi connectivity index (χ1) is 8.63. The Morgan fingerprint density at radius 3 is 2.67 bits per heavy atom. The zero-order valence-electron chi connectivity index (χ0n) is 10.3. The Morgan fingerprint density at radius 1 is 1.50 bits per heavy atom. The van der Waals surface area contributed by atoms with E-state index in [0.717, 1.165) is 25.7 Å². The van der Waals surface area contributed by atoms with Gasteiger partial charge in [-0.15, -0.1) is 0 Å². The highest BCUT2D eigenvalue weighted by Gasteiger charge is 2.28. The quantitative estimate of drug-likeness (QED) is 0.883. The number of amides is 1. The molecular weight excluding hydrogens is 236 g/mol. The van der Waals surface area contributed by atoms with Crippen LogP contribution < -0.4 is 0 Å². The van der Waals surface area contributed by atoms with Crippen molar-refractivity contribution in [3.05, 3.63) is 17.5 Å². The molecule has 1 fully saturated rings. The second kappa shape index (κ2) is 5.20. The number of rotatable bonds is 4. The minimum Gasteiger partial charge on any atom is -0.475 e. The second-order valence-corrected chi connectivity index (χ2v) is 4.41. The maximum Gasteiger partial charge on any atom is 0.374 e. The van der Waals surface area contributed by atoms with E-state index in [1.807, 2.05) is 6.92 Å². The van der Waals surface area contributed by atoms with Crippen LogP contribution in [0.25, 0.3) is 0 Å². The van der Waals surface area contributed by atoms with Gasteiger partial charge in [-0.05, 0) is 19.8 Å². The number of aromatic carboxylic acids is 1. The van der Waals surface area contributed by atoms with Gasteiger partial charge in [0.05, 0.1) is 0 Å². The number of carboxylic acids is 1. The van der Waals surface area contributed by atoms with Crippen LogP contribution in [-0.2, 0) is 0 Å². The minimum atomic E-state index is -1.22. The fourth-order valence-corrected chi connectivity index (χ4v) is 2.41.